The molecule has 0 radical (unpaired) electrons. The molecule has 1 aliphatic rings. The molecule has 0 amide bonds. The number of aryl methyl sites for hydroxylation is 1. The average Bonchev–Trinajstić information content (AvgIpc) is 2.85. The molecule has 0 atom stereocenters. The van der Waals surface area contributed by atoms with Crippen LogP contribution in [0.2, 0.25) is 0 Å². The zero-order valence-corrected chi connectivity index (χ0v) is 21.4. The molecule has 0 spiro atoms. The molecule has 2 aromatic carbocycles. The SMILES string of the molecule is CCn1c(=O)c(-c2ccc(Br)cc2N)cc2cnc(Nc3ccc(N4CCN(C)CC4)cc3)nc21. The zero-order valence-electron chi connectivity index (χ0n) is 19.8. The highest BCUT2D eigenvalue weighted by molar-refractivity contribution is 9.10. The summed E-state index contributed by atoms with van der Waals surface area (Å²) in [7, 11) is 2.16. The van der Waals surface area contributed by atoms with Gasteiger partial charge in [0, 0.05) is 71.4 Å². The third-order valence-electron chi connectivity index (χ3n) is 6.44. The van der Waals surface area contributed by atoms with E-state index in [0.29, 0.717) is 35.0 Å². The van der Waals surface area contributed by atoms with Crippen molar-refractivity contribution in [1.29, 1.82) is 0 Å². The Bertz CT molecular complexity index is 1430. The Balaban J connectivity index is 1.44. The van der Waals surface area contributed by atoms with Gasteiger partial charge < -0.3 is 20.9 Å². The first-order chi connectivity index (χ1) is 16.9. The van der Waals surface area contributed by atoms with Crippen LogP contribution in [0.3, 0.4) is 0 Å². The van der Waals surface area contributed by atoms with Crippen LogP contribution in [0.15, 0.2) is 64.0 Å². The standard InChI is InChI=1S/C26H28BrN7O/c1-3-34-24-17(14-22(25(34)35)21-9-4-18(27)15-23(21)28)16-29-26(31-24)30-19-5-7-20(8-6-19)33-12-10-32(2)11-13-33/h4-9,14-16H,3,10-13,28H2,1-2H3,(H,29,30,31). The second-order valence-corrected chi connectivity index (χ2v) is 9.69. The Hall–Kier alpha value is -3.43. The van der Waals surface area contributed by atoms with E-state index in [4.69, 9.17) is 5.73 Å². The molecule has 1 saturated heterocycles. The highest BCUT2D eigenvalue weighted by Crippen LogP contribution is 2.29. The summed E-state index contributed by atoms with van der Waals surface area (Å²) in [5, 5.41) is 4.05. The molecule has 0 saturated carbocycles. The monoisotopic (exact) mass is 533 g/mol. The molecule has 5 rings (SSSR count). The summed E-state index contributed by atoms with van der Waals surface area (Å²) in [6.07, 6.45) is 1.74. The van der Waals surface area contributed by atoms with Crippen LogP contribution < -0.4 is 21.5 Å². The fraction of sp³-hybridized carbons (Fsp3) is 0.269. The summed E-state index contributed by atoms with van der Waals surface area (Å²) in [4.78, 5) is 27.3. The summed E-state index contributed by atoms with van der Waals surface area (Å²) >= 11 is 3.42. The van der Waals surface area contributed by atoms with Crippen LogP contribution in [-0.2, 0) is 6.54 Å². The lowest BCUT2D eigenvalue weighted by Crippen LogP contribution is -2.44. The van der Waals surface area contributed by atoms with E-state index < -0.39 is 0 Å². The van der Waals surface area contributed by atoms with Gasteiger partial charge in [0.1, 0.15) is 5.65 Å². The van der Waals surface area contributed by atoms with E-state index in [2.05, 4.69) is 60.2 Å². The van der Waals surface area contributed by atoms with Crippen molar-refractivity contribution in [2.45, 2.75) is 13.5 Å². The fourth-order valence-electron chi connectivity index (χ4n) is 4.43. The number of benzene rings is 2. The van der Waals surface area contributed by atoms with Gasteiger partial charge >= 0.3 is 0 Å². The van der Waals surface area contributed by atoms with Crippen molar-refractivity contribution in [1.82, 2.24) is 19.4 Å². The first kappa shape index (κ1) is 23.3. The molecule has 0 aliphatic carbocycles. The number of aromatic nitrogens is 3. The second kappa shape index (κ2) is 9.67. The number of halogens is 1. The number of nitrogens with two attached hydrogens (primary N) is 1. The summed E-state index contributed by atoms with van der Waals surface area (Å²) < 4.78 is 2.53. The maximum absolute atomic E-state index is 13.3. The van der Waals surface area contributed by atoms with Crippen molar-refractivity contribution in [3.8, 4) is 11.1 Å². The van der Waals surface area contributed by atoms with Gasteiger partial charge in [0.25, 0.3) is 5.56 Å². The van der Waals surface area contributed by atoms with Crippen LogP contribution in [0, 0.1) is 0 Å². The van der Waals surface area contributed by atoms with Crippen LogP contribution in [0.4, 0.5) is 23.0 Å². The Morgan fingerprint density at radius 3 is 2.46 bits per heavy atom. The fourth-order valence-corrected chi connectivity index (χ4v) is 4.81. The number of nitrogen functional groups attached to an aromatic ring is 1. The van der Waals surface area contributed by atoms with E-state index >= 15 is 0 Å². The molecule has 35 heavy (non-hydrogen) atoms. The predicted molar refractivity (Wildman–Crippen MR) is 146 cm³/mol. The van der Waals surface area contributed by atoms with Gasteiger partial charge in [-0.1, -0.05) is 22.0 Å². The average molecular weight is 534 g/mol. The molecule has 3 heterocycles. The van der Waals surface area contributed by atoms with E-state index in [1.54, 1.807) is 16.8 Å². The first-order valence-corrected chi connectivity index (χ1v) is 12.5. The van der Waals surface area contributed by atoms with E-state index in [9.17, 15) is 4.79 Å². The molecule has 0 bridgehead atoms. The first-order valence-electron chi connectivity index (χ1n) is 11.7. The van der Waals surface area contributed by atoms with Crippen molar-refractivity contribution < 1.29 is 0 Å². The van der Waals surface area contributed by atoms with E-state index in [1.165, 1.54) is 5.69 Å². The van der Waals surface area contributed by atoms with Gasteiger partial charge in [-0.05, 0) is 56.4 Å². The number of rotatable bonds is 5. The van der Waals surface area contributed by atoms with E-state index in [1.807, 2.05) is 37.3 Å². The topological polar surface area (TPSA) is 92.3 Å². The molecule has 0 unspecified atom stereocenters. The van der Waals surface area contributed by atoms with Crippen LogP contribution >= 0.6 is 15.9 Å². The third kappa shape index (κ3) is 4.74. The van der Waals surface area contributed by atoms with Crippen LogP contribution in [0.25, 0.3) is 22.2 Å². The van der Waals surface area contributed by atoms with E-state index in [-0.39, 0.29) is 5.56 Å². The number of nitrogens with one attached hydrogen (secondary N) is 1. The Morgan fingerprint density at radius 1 is 1.03 bits per heavy atom. The minimum Gasteiger partial charge on any atom is -0.398 e. The molecule has 4 aromatic rings. The van der Waals surface area contributed by atoms with Gasteiger partial charge in [0.05, 0.1) is 5.56 Å². The van der Waals surface area contributed by atoms with Crippen LogP contribution in [0.5, 0.6) is 0 Å². The highest BCUT2D eigenvalue weighted by atomic mass is 79.9. The highest BCUT2D eigenvalue weighted by Gasteiger charge is 2.16. The van der Waals surface area contributed by atoms with Gasteiger partial charge in [-0.2, -0.15) is 4.98 Å². The summed E-state index contributed by atoms with van der Waals surface area (Å²) in [6.45, 7) is 6.61. The number of likely N-dealkylation sites (N-methyl/N-ethyl adjacent to an activating group) is 1. The van der Waals surface area contributed by atoms with Crippen molar-refractivity contribution in [3.63, 3.8) is 0 Å². The van der Waals surface area contributed by atoms with E-state index in [0.717, 1.165) is 41.7 Å². The quantitative estimate of drug-likeness (QED) is 0.369. The van der Waals surface area contributed by atoms with Gasteiger partial charge in [-0.25, -0.2) is 4.98 Å². The van der Waals surface area contributed by atoms with Gasteiger partial charge in [0.2, 0.25) is 5.95 Å². The number of pyridine rings is 1. The van der Waals surface area contributed by atoms with Crippen LogP contribution in [0.1, 0.15) is 6.92 Å². The number of piperazine rings is 1. The number of fused-ring (bicyclic) bond motifs is 1. The second-order valence-electron chi connectivity index (χ2n) is 8.77. The Morgan fingerprint density at radius 2 is 1.77 bits per heavy atom. The zero-order chi connectivity index (χ0) is 24.5. The lowest BCUT2D eigenvalue weighted by atomic mass is 10.0. The smallest absolute Gasteiger partial charge is 0.260 e. The lowest BCUT2D eigenvalue weighted by Gasteiger charge is -2.34. The molecule has 180 valence electrons. The summed E-state index contributed by atoms with van der Waals surface area (Å²) in [5.41, 5.74) is 10.5. The van der Waals surface area contributed by atoms with Gasteiger partial charge in [0.15, 0.2) is 0 Å². The van der Waals surface area contributed by atoms with Crippen molar-refractivity contribution in [2.75, 3.05) is 49.2 Å². The van der Waals surface area contributed by atoms with Crippen LogP contribution in [-0.4, -0.2) is 52.7 Å². The number of anilines is 4. The molecular formula is C26H28BrN7O. The Labute approximate surface area is 212 Å². The summed E-state index contributed by atoms with van der Waals surface area (Å²) in [6, 6.07) is 15.7. The minimum atomic E-state index is -0.129. The minimum absolute atomic E-state index is 0.129. The number of nitrogens with zero attached hydrogens (tertiary/aromatic N) is 5. The molecule has 3 N–H and O–H groups in total. The maximum atomic E-state index is 13.3. The predicted octanol–water partition coefficient (Wildman–Crippen LogP) is 4.32. The summed E-state index contributed by atoms with van der Waals surface area (Å²) in [5.74, 6) is 0.447. The Kier molecular flexibility index (Phi) is 6.44. The van der Waals surface area contributed by atoms with Crippen molar-refractivity contribution in [2.24, 2.45) is 0 Å². The van der Waals surface area contributed by atoms with Gasteiger partial charge in [-0.3, -0.25) is 9.36 Å². The molecule has 1 fully saturated rings. The number of hydrogen-bond acceptors (Lipinski definition) is 7. The maximum Gasteiger partial charge on any atom is 0.260 e. The molecular weight excluding hydrogens is 506 g/mol. The molecule has 1 aliphatic heterocycles. The van der Waals surface area contributed by atoms with Crippen molar-refractivity contribution >= 4 is 50.0 Å². The molecule has 2 aromatic heterocycles. The normalized spacial score (nSPS) is 14.4. The van der Waals surface area contributed by atoms with Crippen molar-refractivity contribution in [3.05, 3.63) is 69.6 Å². The molecule has 8 nitrogen and oxygen atoms in total. The lowest BCUT2D eigenvalue weighted by molar-refractivity contribution is 0.313. The largest absolute Gasteiger partial charge is 0.398 e. The van der Waals surface area contributed by atoms with Gasteiger partial charge in [-0.15, -0.1) is 0 Å². The molecule has 9 heteroatoms. The number of hydrogen-bond donors (Lipinski definition) is 2. The third-order valence-corrected chi connectivity index (χ3v) is 6.93.